The quantitative estimate of drug-likeness (QED) is 0.618. The molecular weight excluding hydrogens is 290 g/mol. The number of aromatic hydroxyl groups is 1. The molecule has 0 amide bonds. The highest BCUT2D eigenvalue weighted by Gasteiger charge is 2.11. The average molecular weight is 305 g/mol. The van der Waals surface area contributed by atoms with Gasteiger partial charge in [0.15, 0.2) is 0 Å². The number of aromatic nitrogens is 5. The van der Waals surface area contributed by atoms with Crippen LogP contribution in [0.5, 0.6) is 5.75 Å². The fourth-order valence-corrected chi connectivity index (χ4v) is 2.70. The Morgan fingerprint density at radius 2 is 1.96 bits per heavy atom. The van der Waals surface area contributed by atoms with E-state index in [9.17, 15) is 5.11 Å². The van der Waals surface area contributed by atoms with Gasteiger partial charge in [0.1, 0.15) is 17.1 Å². The van der Waals surface area contributed by atoms with Gasteiger partial charge in [-0.2, -0.15) is 0 Å². The number of hydrogen-bond acceptors (Lipinski definition) is 4. The van der Waals surface area contributed by atoms with E-state index in [0.29, 0.717) is 0 Å². The molecule has 0 fully saturated rings. The van der Waals surface area contributed by atoms with Crippen molar-refractivity contribution in [3.05, 3.63) is 54.4 Å². The standard InChI is InChI=1S/C17H15N5O/c1-11-9-12(3-6-16(11)23)17-18-7-8-22(17)13-4-5-15-14(10-13)19-20-21(15)2/h3-10,23H,1-2H3. The molecule has 23 heavy (non-hydrogen) atoms. The van der Waals surface area contributed by atoms with Crippen LogP contribution in [0.15, 0.2) is 48.8 Å². The van der Waals surface area contributed by atoms with Gasteiger partial charge in [0.2, 0.25) is 0 Å². The van der Waals surface area contributed by atoms with E-state index in [1.54, 1.807) is 16.9 Å². The highest BCUT2D eigenvalue weighted by atomic mass is 16.3. The van der Waals surface area contributed by atoms with E-state index in [4.69, 9.17) is 0 Å². The third-order valence-corrected chi connectivity index (χ3v) is 3.97. The first-order valence-corrected chi connectivity index (χ1v) is 7.26. The van der Waals surface area contributed by atoms with Crippen molar-refractivity contribution in [3.63, 3.8) is 0 Å². The number of aryl methyl sites for hydroxylation is 2. The van der Waals surface area contributed by atoms with Gasteiger partial charge in [-0.25, -0.2) is 9.67 Å². The Morgan fingerprint density at radius 1 is 1.09 bits per heavy atom. The fraction of sp³-hybridized carbons (Fsp3) is 0.118. The molecule has 114 valence electrons. The number of imidazole rings is 1. The molecule has 1 N–H and O–H groups in total. The minimum Gasteiger partial charge on any atom is -0.508 e. The molecule has 6 nitrogen and oxygen atoms in total. The lowest BCUT2D eigenvalue weighted by molar-refractivity contribution is 0.471. The largest absolute Gasteiger partial charge is 0.508 e. The average Bonchev–Trinajstić information content (AvgIpc) is 3.17. The Kier molecular flexibility index (Phi) is 2.90. The van der Waals surface area contributed by atoms with E-state index in [-0.39, 0.29) is 5.75 Å². The molecule has 0 aliphatic rings. The number of hydrogen-bond donors (Lipinski definition) is 1. The second-order valence-corrected chi connectivity index (χ2v) is 5.51. The predicted molar refractivity (Wildman–Crippen MR) is 87.5 cm³/mol. The first-order valence-electron chi connectivity index (χ1n) is 7.26. The molecule has 2 aromatic heterocycles. The third-order valence-electron chi connectivity index (χ3n) is 3.97. The van der Waals surface area contributed by atoms with E-state index < -0.39 is 0 Å². The fourth-order valence-electron chi connectivity index (χ4n) is 2.70. The molecule has 4 rings (SSSR count). The van der Waals surface area contributed by atoms with Gasteiger partial charge in [0.25, 0.3) is 0 Å². The van der Waals surface area contributed by atoms with Crippen LogP contribution in [0, 0.1) is 6.92 Å². The molecule has 0 aliphatic carbocycles. The van der Waals surface area contributed by atoms with E-state index in [2.05, 4.69) is 15.3 Å². The summed E-state index contributed by atoms with van der Waals surface area (Å²) in [6, 6.07) is 11.5. The van der Waals surface area contributed by atoms with Crippen molar-refractivity contribution >= 4 is 11.0 Å². The molecule has 0 aliphatic heterocycles. The zero-order valence-electron chi connectivity index (χ0n) is 12.8. The molecule has 0 radical (unpaired) electrons. The molecule has 2 heterocycles. The van der Waals surface area contributed by atoms with Crippen LogP contribution in [0.4, 0.5) is 0 Å². The van der Waals surface area contributed by atoms with Crippen molar-refractivity contribution in [1.82, 2.24) is 24.5 Å². The zero-order chi connectivity index (χ0) is 16.0. The molecule has 0 saturated carbocycles. The Balaban J connectivity index is 1.86. The van der Waals surface area contributed by atoms with E-state index in [0.717, 1.165) is 33.7 Å². The number of nitrogens with zero attached hydrogens (tertiary/aromatic N) is 5. The van der Waals surface area contributed by atoms with Crippen LogP contribution in [-0.4, -0.2) is 29.7 Å². The maximum absolute atomic E-state index is 9.70. The maximum Gasteiger partial charge on any atom is 0.144 e. The van der Waals surface area contributed by atoms with E-state index in [1.165, 1.54) is 0 Å². The summed E-state index contributed by atoms with van der Waals surface area (Å²) in [7, 11) is 1.87. The maximum atomic E-state index is 9.70. The van der Waals surface area contributed by atoms with Crippen LogP contribution >= 0.6 is 0 Å². The smallest absolute Gasteiger partial charge is 0.144 e. The van der Waals surface area contributed by atoms with E-state index >= 15 is 0 Å². The Labute approximate surface area is 132 Å². The second-order valence-electron chi connectivity index (χ2n) is 5.51. The van der Waals surface area contributed by atoms with Gasteiger partial charge in [-0.3, -0.25) is 4.57 Å². The van der Waals surface area contributed by atoms with Gasteiger partial charge in [-0.05, 0) is 48.9 Å². The van der Waals surface area contributed by atoms with Crippen molar-refractivity contribution in [3.8, 4) is 22.8 Å². The van der Waals surface area contributed by atoms with Crippen LogP contribution in [0.25, 0.3) is 28.1 Å². The molecule has 0 unspecified atom stereocenters. The molecular formula is C17H15N5O. The summed E-state index contributed by atoms with van der Waals surface area (Å²) in [6.45, 7) is 1.87. The summed E-state index contributed by atoms with van der Waals surface area (Å²) >= 11 is 0. The van der Waals surface area contributed by atoms with Crippen LogP contribution in [0.3, 0.4) is 0 Å². The number of phenols is 1. The first kappa shape index (κ1) is 13.5. The topological polar surface area (TPSA) is 68.8 Å². The first-order chi connectivity index (χ1) is 11.1. The highest BCUT2D eigenvalue weighted by molar-refractivity contribution is 5.77. The van der Waals surface area contributed by atoms with Gasteiger partial charge in [0.05, 0.1) is 5.52 Å². The van der Waals surface area contributed by atoms with Gasteiger partial charge in [-0.1, -0.05) is 5.21 Å². The second kappa shape index (κ2) is 4.95. The predicted octanol–water partition coefficient (Wildman–Crippen LogP) is 2.84. The lowest BCUT2D eigenvalue weighted by Gasteiger charge is -2.09. The van der Waals surface area contributed by atoms with Gasteiger partial charge in [0, 0.05) is 30.7 Å². The monoisotopic (exact) mass is 305 g/mol. The summed E-state index contributed by atoms with van der Waals surface area (Å²) in [5.74, 6) is 1.10. The number of rotatable bonds is 2. The Morgan fingerprint density at radius 3 is 2.78 bits per heavy atom. The number of phenolic OH excluding ortho intramolecular Hbond substituents is 1. The summed E-state index contributed by atoms with van der Waals surface area (Å²) < 4.78 is 3.75. The summed E-state index contributed by atoms with van der Waals surface area (Å²) in [5, 5.41) is 17.9. The molecule has 0 spiro atoms. The van der Waals surface area contributed by atoms with Crippen molar-refractivity contribution in [2.45, 2.75) is 6.92 Å². The van der Waals surface area contributed by atoms with Crippen LogP contribution < -0.4 is 0 Å². The van der Waals surface area contributed by atoms with E-state index in [1.807, 2.05) is 55.1 Å². The van der Waals surface area contributed by atoms with Crippen LogP contribution in [0.2, 0.25) is 0 Å². The Hall–Kier alpha value is -3.15. The van der Waals surface area contributed by atoms with Gasteiger partial charge in [-0.15, -0.1) is 5.10 Å². The Bertz CT molecular complexity index is 1010. The van der Waals surface area contributed by atoms with Crippen molar-refractivity contribution in [2.24, 2.45) is 7.05 Å². The highest BCUT2D eigenvalue weighted by Crippen LogP contribution is 2.27. The molecule has 2 aromatic carbocycles. The van der Waals surface area contributed by atoms with Crippen molar-refractivity contribution in [1.29, 1.82) is 0 Å². The minimum absolute atomic E-state index is 0.285. The minimum atomic E-state index is 0.285. The summed E-state index contributed by atoms with van der Waals surface area (Å²) in [5.41, 5.74) is 4.56. The molecule has 0 saturated heterocycles. The summed E-state index contributed by atoms with van der Waals surface area (Å²) in [6.07, 6.45) is 3.67. The van der Waals surface area contributed by atoms with Gasteiger partial charge >= 0.3 is 0 Å². The number of benzene rings is 2. The number of fused-ring (bicyclic) bond motifs is 1. The molecule has 4 aromatic rings. The van der Waals surface area contributed by atoms with Crippen molar-refractivity contribution < 1.29 is 5.11 Å². The van der Waals surface area contributed by atoms with Crippen LogP contribution in [0.1, 0.15) is 5.56 Å². The zero-order valence-corrected chi connectivity index (χ0v) is 12.8. The van der Waals surface area contributed by atoms with Crippen molar-refractivity contribution in [2.75, 3.05) is 0 Å². The normalized spacial score (nSPS) is 11.2. The summed E-state index contributed by atoms with van der Waals surface area (Å²) in [4.78, 5) is 4.46. The molecule has 6 heteroatoms. The SMILES string of the molecule is Cc1cc(-c2nccn2-c2ccc3c(c2)nnn3C)ccc1O. The van der Waals surface area contributed by atoms with Gasteiger partial charge < -0.3 is 5.11 Å². The lowest BCUT2D eigenvalue weighted by Crippen LogP contribution is -1.97. The lowest BCUT2D eigenvalue weighted by atomic mass is 10.1. The van der Waals surface area contributed by atoms with Crippen LogP contribution in [-0.2, 0) is 7.05 Å². The molecule has 0 bridgehead atoms. The third kappa shape index (κ3) is 2.15. The molecule has 0 atom stereocenters.